The van der Waals surface area contributed by atoms with Crippen molar-refractivity contribution in [1.29, 1.82) is 0 Å². The first-order valence-corrected chi connectivity index (χ1v) is 6.32. The summed E-state index contributed by atoms with van der Waals surface area (Å²) in [5.41, 5.74) is 0.673. The van der Waals surface area contributed by atoms with E-state index in [1.165, 1.54) is 12.1 Å². The largest absolute Gasteiger partial charge is 0.494 e. The number of nitro groups is 1. The Bertz CT molecular complexity index is 569. The Morgan fingerprint density at radius 1 is 1.45 bits per heavy atom. The molecule has 0 aliphatic rings. The molecule has 0 amide bonds. The molecule has 0 bridgehead atoms. The molecule has 0 saturated carbocycles. The zero-order valence-electron chi connectivity index (χ0n) is 11.2. The van der Waals surface area contributed by atoms with E-state index in [0.717, 1.165) is 0 Å². The predicted octanol–water partition coefficient (Wildman–Crippen LogP) is 2.30. The molecule has 0 unspecified atom stereocenters. The molecule has 0 radical (unpaired) electrons. The van der Waals surface area contributed by atoms with Crippen molar-refractivity contribution >= 4 is 11.4 Å². The fraction of sp³-hybridized carbons (Fsp3) is 0.308. The Hall–Kier alpha value is -2.57. The third-order valence-electron chi connectivity index (χ3n) is 2.64. The standard InChI is InChI=1S/C13H16N4O3/c1-2-20-13-9-11(8-12(10-13)17(18)19)14-5-7-16-6-3-4-15-16/h3-4,6,8-10,14H,2,5,7H2,1H3. The van der Waals surface area contributed by atoms with Gasteiger partial charge in [0.25, 0.3) is 5.69 Å². The van der Waals surface area contributed by atoms with Crippen LogP contribution >= 0.6 is 0 Å². The van der Waals surface area contributed by atoms with Crippen LogP contribution < -0.4 is 10.1 Å². The molecule has 2 aromatic rings. The van der Waals surface area contributed by atoms with Crippen LogP contribution in [0.1, 0.15) is 6.92 Å². The van der Waals surface area contributed by atoms with E-state index >= 15 is 0 Å². The van der Waals surface area contributed by atoms with Crippen molar-refractivity contribution in [1.82, 2.24) is 9.78 Å². The van der Waals surface area contributed by atoms with Crippen molar-refractivity contribution in [2.24, 2.45) is 0 Å². The summed E-state index contributed by atoms with van der Waals surface area (Å²) in [5.74, 6) is 0.489. The first kappa shape index (κ1) is 13.9. The Morgan fingerprint density at radius 2 is 2.30 bits per heavy atom. The summed E-state index contributed by atoms with van der Waals surface area (Å²) in [6.07, 6.45) is 3.57. The van der Waals surface area contributed by atoms with Gasteiger partial charge in [0.15, 0.2) is 0 Å². The van der Waals surface area contributed by atoms with Crippen molar-refractivity contribution in [3.8, 4) is 5.75 Å². The molecular formula is C13H16N4O3. The third kappa shape index (κ3) is 3.71. The molecule has 106 valence electrons. The molecule has 20 heavy (non-hydrogen) atoms. The summed E-state index contributed by atoms with van der Waals surface area (Å²) in [6, 6.07) is 6.51. The molecule has 1 heterocycles. The molecule has 0 aliphatic carbocycles. The summed E-state index contributed by atoms with van der Waals surface area (Å²) < 4.78 is 7.11. The van der Waals surface area contributed by atoms with E-state index in [1.807, 2.05) is 19.2 Å². The van der Waals surface area contributed by atoms with E-state index in [9.17, 15) is 10.1 Å². The first-order chi connectivity index (χ1) is 9.69. The fourth-order valence-electron chi connectivity index (χ4n) is 1.79. The van der Waals surface area contributed by atoms with Gasteiger partial charge in [0.2, 0.25) is 0 Å². The summed E-state index contributed by atoms with van der Waals surface area (Å²) in [5, 5.41) is 18.1. The maximum atomic E-state index is 10.9. The molecule has 0 saturated heterocycles. The van der Waals surface area contributed by atoms with Crippen molar-refractivity contribution in [2.75, 3.05) is 18.5 Å². The van der Waals surface area contributed by atoms with Gasteiger partial charge in [-0.2, -0.15) is 5.10 Å². The molecule has 0 aliphatic heterocycles. The quantitative estimate of drug-likeness (QED) is 0.619. The lowest BCUT2D eigenvalue weighted by molar-refractivity contribution is -0.384. The van der Waals surface area contributed by atoms with Gasteiger partial charge in [-0.3, -0.25) is 14.8 Å². The molecular weight excluding hydrogens is 260 g/mol. The Balaban J connectivity index is 2.03. The number of hydrogen-bond donors (Lipinski definition) is 1. The molecule has 2 rings (SSSR count). The number of rotatable bonds is 7. The number of nitro benzene ring substituents is 1. The van der Waals surface area contributed by atoms with Crippen LogP contribution in [0.5, 0.6) is 5.75 Å². The SMILES string of the molecule is CCOc1cc(NCCn2cccn2)cc([N+](=O)[O-])c1. The van der Waals surface area contributed by atoms with Gasteiger partial charge >= 0.3 is 0 Å². The third-order valence-corrected chi connectivity index (χ3v) is 2.64. The highest BCUT2D eigenvalue weighted by molar-refractivity contribution is 5.56. The lowest BCUT2D eigenvalue weighted by atomic mass is 10.2. The average molecular weight is 276 g/mol. The van der Waals surface area contributed by atoms with E-state index in [-0.39, 0.29) is 5.69 Å². The van der Waals surface area contributed by atoms with Crippen LogP contribution in [0.2, 0.25) is 0 Å². The maximum Gasteiger partial charge on any atom is 0.275 e. The second-order valence-corrected chi connectivity index (χ2v) is 4.10. The Morgan fingerprint density at radius 3 is 2.95 bits per heavy atom. The summed E-state index contributed by atoms with van der Waals surface area (Å²) >= 11 is 0. The van der Waals surface area contributed by atoms with Crippen molar-refractivity contribution in [3.63, 3.8) is 0 Å². The number of non-ortho nitro benzene ring substituents is 1. The van der Waals surface area contributed by atoms with Gasteiger partial charge in [0.1, 0.15) is 5.75 Å². The summed E-state index contributed by atoms with van der Waals surface area (Å²) in [7, 11) is 0. The first-order valence-electron chi connectivity index (χ1n) is 6.32. The minimum absolute atomic E-state index is 0.0116. The van der Waals surface area contributed by atoms with Gasteiger partial charge in [-0.05, 0) is 13.0 Å². The highest BCUT2D eigenvalue weighted by Crippen LogP contribution is 2.25. The van der Waals surface area contributed by atoms with E-state index in [2.05, 4.69) is 10.4 Å². The Labute approximate surface area is 116 Å². The lowest BCUT2D eigenvalue weighted by Gasteiger charge is -2.09. The predicted molar refractivity (Wildman–Crippen MR) is 75.0 cm³/mol. The van der Waals surface area contributed by atoms with E-state index in [0.29, 0.717) is 31.1 Å². The monoisotopic (exact) mass is 276 g/mol. The number of nitrogens with zero attached hydrogens (tertiary/aromatic N) is 3. The number of anilines is 1. The number of hydrogen-bond acceptors (Lipinski definition) is 5. The maximum absolute atomic E-state index is 10.9. The number of ether oxygens (including phenoxy) is 1. The molecule has 0 fully saturated rings. The molecule has 7 heteroatoms. The topological polar surface area (TPSA) is 82.2 Å². The van der Waals surface area contributed by atoms with Gasteiger partial charge < -0.3 is 10.1 Å². The van der Waals surface area contributed by atoms with Crippen LogP contribution in [0, 0.1) is 10.1 Å². The highest BCUT2D eigenvalue weighted by Gasteiger charge is 2.10. The van der Waals surface area contributed by atoms with Gasteiger partial charge in [-0.1, -0.05) is 0 Å². The second kappa shape index (κ2) is 6.55. The van der Waals surface area contributed by atoms with Crippen LogP contribution in [0.15, 0.2) is 36.7 Å². The van der Waals surface area contributed by atoms with E-state index in [4.69, 9.17) is 4.74 Å². The molecule has 1 aromatic carbocycles. The van der Waals surface area contributed by atoms with E-state index < -0.39 is 4.92 Å². The van der Waals surface area contributed by atoms with Gasteiger partial charge in [-0.25, -0.2) is 0 Å². The fourth-order valence-corrected chi connectivity index (χ4v) is 1.79. The molecule has 0 atom stereocenters. The molecule has 7 nitrogen and oxygen atoms in total. The van der Waals surface area contributed by atoms with Crippen LogP contribution in [-0.4, -0.2) is 27.9 Å². The van der Waals surface area contributed by atoms with Crippen LogP contribution in [0.3, 0.4) is 0 Å². The normalized spacial score (nSPS) is 10.2. The summed E-state index contributed by atoms with van der Waals surface area (Å²) in [6.45, 7) is 3.60. The minimum Gasteiger partial charge on any atom is -0.494 e. The van der Waals surface area contributed by atoms with Gasteiger partial charge in [0, 0.05) is 36.8 Å². The highest BCUT2D eigenvalue weighted by atomic mass is 16.6. The average Bonchev–Trinajstić information content (AvgIpc) is 2.92. The lowest BCUT2D eigenvalue weighted by Crippen LogP contribution is -2.11. The van der Waals surface area contributed by atoms with Gasteiger partial charge in [0.05, 0.1) is 24.1 Å². The van der Waals surface area contributed by atoms with Crippen molar-refractivity contribution < 1.29 is 9.66 Å². The smallest absolute Gasteiger partial charge is 0.275 e. The number of nitrogens with one attached hydrogen (secondary N) is 1. The van der Waals surface area contributed by atoms with Crippen molar-refractivity contribution in [2.45, 2.75) is 13.5 Å². The number of benzene rings is 1. The molecule has 1 N–H and O–H groups in total. The van der Waals surface area contributed by atoms with Gasteiger partial charge in [-0.15, -0.1) is 0 Å². The zero-order valence-corrected chi connectivity index (χ0v) is 11.2. The second-order valence-electron chi connectivity index (χ2n) is 4.10. The van der Waals surface area contributed by atoms with Crippen LogP contribution in [0.25, 0.3) is 0 Å². The number of aromatic nitrogens is 2. The van der Waals surface area contributed by atoms with Crippen LogP contribution in [0.4, 0.5) is 11.4 Å². The van der Waals surface area contributed by atoms with Crippen molar-refractivity contribution in [3.05, 3.63) is 46.8 Å². The van der Waals surface area contributed by atoms with Crippen LogP contribution in [-0.2, 0) is 6.54 Å². The van der Waals surface area contributed by atoms with E-state index in [1.54, 1.807) is 16.9 Å². The molecule has 1 aromatic heterocycles. The molecule has 0 spiro atoms. The Kier molecular flexibility index (Phi) is 4.54. The summed E-state index contributed by atoms with van der Waals surface area (Å²) in [4.78, 5) is 10.4. The zero-order chi connectivity index (χ0) is 14.4. The minimum atomic E-state index is -0.429.